The Balaban J connectivity index is 1.70. The van der Waals surface area contributed by atoms with Crippen LogP contribution < -0.4 is 11.1 Å². The third-order valence-electron chi connectivity index (χ3n) is 4.86. The van der Waals surface area contributed by atoms with E-state index in [1.807, 2.05) is 42.8 Å². The lowest BCUT2D eigenvalue weighted by Gasteiger charge is -2.07. The number of fused-ring (bicyclic) bond motifs is 2. The first-order valence-electron chi connectivity index (χ1n) is 8.91. The van der Waals surface area contributed by atoms with E-state index in [9.17, 15) is 0 Å². The number of nitrogen functional groups attached to an aromatic ring is 1. The lowest BCUT2D eigenvalue weighted by molar-refractivity contribution is 1.10. The molecule has 0 saturated carbocycles. The summed E-state index contributed by atoms with van der Waals surface area (Å²) in [7, 11) is 0. The molecule has 3 N–H and O–H groups in total. The van der Waals surface area contributed by atoms with Gasteiger partial charge < -0.3 is 11.1 Å². The highest BCUT2D eigenvalue weighted by Crippen LogP contribution is 2.30. The average Bonchev–Trinajstić information content (AvgIpc) is 3.28. The van der Waals surface area contributed by atoms with Crippen molar-refractivity contribution in [3.8, 4) is 22.4 Å². The van der Waals surface area contributed by atoms with Gasteiger partial charge in [0.2, 0.25) is 5.95 Å². The van der Waals surface area contributed by atoms with Crippen LogP contribution in [0.3, 0.4) is 0 Å². The Morgan fingerprint density at radius 3 is 2.63 bits per heavy atom. The Kier molecular flexibility index (Phi) is 3.36. The fraction of sp³-hybridized carbons (Fsp3) is 0.200. The molecule has 134 valence electrons. The molecular formula is C20H19N7. The van der Waals surface area contributed by atoms with E-state index in [0.29, 0.717) is 5.95 Å². The molecular weight excluding hydrogens is 338 g/mol. The molecule has 1 aliphatic rings. The first-order chi connectivity index (χ1) is 13.1. The predicted octanol–water partition coefficient (Wildman–Crippen LogP) is 3.02. The number of nitrogens with two attached hydrogens (primary N) is 1. The van der Waals surface area contributed by atoms with Gasteiger partial charge in [0.1, 0.15) is 11.5 Å². The summed E-state index contributed by atoms with van der Waals surface area (Å²) in [5.74, 6) is 1.37. The summed E-state index contributed by atoms with van der Waals surface area (Å²) in [5.41, 5.74) is 13.8. The summed E-state index contributed by atoms with van der Waals surface area (Å²) in [5, 5.41) is 3.28. The van der Waals surface area contributed by atoms with Crippen LogP contribution in [0.15, 0.2) is 36.8 Å². The van der Waals surface area contributed by atoms with E-state index >= 15 is 0 Å². The number of hydrogen-bond donors (Lipinski definition) is 2. The van der Waals surface area contributed by atoms with Crippen LogP contribution in [0, 0.1) is 13.8 Å². The van der Waals surface area contributed by atoms with Crippen molar-refractivity contribution < 1.29 is 0 Å². The summed E-state index contributed by atoms with van der Waals surface area (Å²) in [6, 6.07) is 6.22. The molecule has 0 unspecified atom stereocenters. The molecule has 0 bridgehead atoms. The minimum absolute atomic E-state index is 0.408. The first kappa shape index (κ1) is 15.7. The maximum absolute atomic E-state index is 6.12. The number of aromatic nitrogens is 5. The molecule has 27 heavy (non-hydrogen) atoms. The normalized spacial score (nSPS) is 13.0. The second kappa shape index (κ2) is 5.77. The molecule has 4 aromatic rings. The largest absolute Gasteiger partial charge is 0.370 e. The summed E-state index contributed by atoms with van der Waals surface area (Å²) in [4.78, 5) is 18.2. The number of aryl methyl sites for hydroxylation is 2. The lowest BCUT2D eigenvalue weighted by atomic mass is 10.1. The third kappa shape index (κ3) is 2.59. The highest BCUT2D eigenvalue weighted by atomic mass is 15.1. The predicted molar refractivity (Wildman–Crippen MR) is 106 cm³/mol. The summed E-state index contributed by atoms with van der Waals surface area (Å²) < 4.78 is 1.83. The van der Waals surface area contributed by atoms with Crippen LogP contribution in [0.25, 0.3) is 28.0 Å². The Hall–Kier alpha value is -3.48. The second-order valence-corrected chi connectivity index (χ2v) is 6.90. The van der Waals surface area contributed by atoms with E-state index < -0.39 is 0 Å². The van der Waals surface area contributed by atoms with Gasteiger partial charge in [0.15, 0.2) is 0 Å². The number of rotatable bonds is 2. The molecule has 5 rings (SSSR count). The highest BCUT2D eigenvalue weighted by Gasteiger charge is 2.16. The van der Waals surface area contributed by atoms with E-state index in [1.165, 1.54) is 5.56 Å². The van der Waals surface area contributed by atoms with Crippen molar-refractivity contribution >= 4 is 17.4 Å². The standard InChI is InChI=1S/C20H19N7/c1-11-5-14(6-12(2)25-11)16-9-24-20(21)27-10-17(26-19(16)27)15-7-13-3-4-22-18(13)23-8-15/h5-10H,3-4H2,1-2H3,(H2,21,24)(H,22,23). The quantitative estimate of drug-likeness (QED) is 0.573. The number of nitrogens with zero attached hydrogens (tertiary/aromatic N) is 5. The summed E-state index contributed by atoms with van der Waals surface area (Å²) >= 11 is 0. The molecule has 5 heterocycles. The monoisotopic (exact) mass is 357 g/mol. The van der Waals surface area contributed by atoms with Gasteiger partial charge in [-0.15, -0.1) is 0 Å². The van der Waals surface area contributed by atoms with Crippen molar-refractivity contribution in [1.82, 2.24) is 24.3 Å². The number of anilines is 2. The van der Waals surface area contributed by atoms with Crippen LogP contribution in [0.1, 0.15) is 17.0 Å². The maximum Gasteiger partial charge on any atom is 0.206 e. The average molecular weight is 357 g/mol. The van der Waals surface area contributed by atoms with Crippen molar-refractivity contribution in [1.29, 1.82) is 0 Å². The Morgan fingerprint density at radius 1 is 1.00 bits per heavy atom. The van der Waals surface area contributed by atoms with Crippen molar-refractivity contribution in [3.05, 3.63) is 53.7 Å². The number of nitrogens with one attached hydrogen (secondary N) is 1. The molecule has 0 spiro atoms. The molecule has 0 amide bonds. The van der Waals surface area contributed by atoms with E-state index in [1.54, 1.807) is 6.20 Å². The molecule has 0 fully saturated rings. The molecule has 0 saturated heterocycles. The van der Waals surface area contributed by atoms with Crippen molar-refractivity contribution in [2.24, 2.45) is 0 Å². The second-order valence-electron chi connectivity index (χ2n) is 6.90. The van der Waals surface area contributed by atoms with Gasteiger partial charge in [0.05, 0.1) is 5.69 Å². The van der Waals surface area contributed by atoms with Crippen LogP contribution in [0.5, 0.6) is 0 Å². The minimum Gasteiger partial charge on any atom is -0.370 e. The minimum atomic E-state index is 0.408. The van der Waals surface area contributed by atoms with Crippen LogP contribution in [-0.2, 0) is 6.42 Å². The van der Waals surface area contributed by atoms with E-state index in [2.05, 4.69) is 26.3 Å². The SMILES string of the molecule is Cc1cc(-c2cnc(N)n3cc(-c4cnc5c(c4)CCN5)nc23)cc(C)n1. The third-order valence-corrected chi connectivity index (χ3v) is 4.86. The van der Waals surface area contributed by atoms with Crippen LogP contribution >= 0.6 is 0 Å². The smallest absolute Gasteiger partial charge is 0.206 e. The maximum atomic E-state index is 6.12. The molecule has 0 aromatic carbocycles. The van der Waals surface area contributed by atoms with E-state index in [0.717, 1.165) is 58.2 Å². The van der Waals surface area contributed by atoms with Crippen molar-refractivity contribution in [2.45, 2.75) is 20.3 Å². The van der Waals surface area contributed by atoms with Gasteiger partial charge >= 0.3 is 0 Å². The van der Waals surface area contributed by atoms with Crippen LogP contribution in [-0.4, -0.2) is 30.9 Å². The lowest BCUT2D eigenvalue weighted by Crippen LogP contribution is -2.01. The van der Waals surface area contributed by atoms with Crippen LogP contribution in [0.2, 0.25) is 0 Å². The molecule has 0 radical (unpaired) electrons. The zero-order valence-electron chi connectivity index (χ0n) is 15.2. The highest BCUT2D eigenvalue weighted by molar-refractivity contribution is 5.80. The van der Waals surface area contributed by atoms with Gasteiger partial charge in [-0.3, -0.25) is 9.38 Å². The Morgan fingerprint density at radius 2 is 1.81 bits per heavy atom. The van der Waals surface area contributed by atoms with E-state index in [4.69, 9.17) is 10.7 Å². The van der Waals surface area contributed by atoms with E-state index in [-0.39, 0.29) is 0 Å². The zero-order valence-corrected chi connectivity index (χ0v) is 15.2. The van der Waals surface area contributed by atoms with Gasteiger partial charge in [-0.1, -0.05) is 0 Å². The van der Waals surface area contributed by atoms with Gasteiger partial charge in [-0.25, -0.2) is 15.0 Å². The molecule has 0 aliphatic carbocycles. The molecule has 4 aromatic heterocycles. The fourth-order valence-corrected chi connectivity index (χ4v) is 3.64. The Bertz CT molecular complexity index is 1170. The summed E-state index contributed by atoms with van der Waals surface area (Å²) in [6.45, 7) is 4.90. The van der Waals surface area contributed by atoms with Gasteiger partial charge in [0, 0.05) is 47.7 Å². The topological polar surface area (TPSA) is 94.0 Å². The molecule has 0 atom stereocenters. The van der Waals surface area contributed by atoms with Crippen molar-refractivity contribution in [2.75, 3.05) is 17.6 Å². The van der Waals surface area contributed by atoms with Gasteiger partial charge in [-0.2, -0.15) is 0 Å². The van der Waals surface area contributed by atoms with Crippen molar-refractivity contribution in [3.63, 3.8) is 0 Å². The number of pyridine rings is 2. The number of hydrogen-bond acceptors (Lipinski definition) is 6. The van der Waals surface area contributed by atoms with Gasteiger partial charge in [-0.05, 0) is 49.6 Å². The summed E-state index contributed by atoms with van der Waals surface area (Å²) in [6.07, 6.45) is 6.53. The van der Waals surface area contributed by atoms with Crippen LogP contribution in [0.4, 0.5) is 11.8 Å². The fourth-order valence-electron chi connectivity index (χ4n) is 3.64. The molecule has 7 nitrogen and oxygen atoms in total. The molecule has 1 aliphatic heterocycles. The first-order valence-corrected chi connectivity index (χ1v) is 8.91. The number of imidazole rings is 1. The zero-order chi connectivity index (χ0) is 18.5. The van der Waals surface area contributed by atoms with Gasteiger partial charge in [0.25, 0.3) is 0 Å². The Labute approximate surface area is 156 Å². The molecule has 7 heteroatoms.